The monoisotopic (exact) mass is 973 g/mol. The molecule has 0 aliphatic heterocycles. The van der Waals surface area contributed by atoms with Crippen LogP contribution in [-0.2, 0) is 19.1 Å². The molecule has 0 spiro atoms. The van der Waals surface area contributed by atoms with Crippen molar-refractivity contribution in [3.05, 3.63) is 97.2 Å². The van der Waals surface area contributed by atoms with Crippen molar-refractivity contribution in [2.45, 2.75) is 290 Å². The van der Waals surface area contributed by atoms with Gasteiger partial charge >= 0.3 is 11.9 Å². The smallest absolute Gasteiger partial charge is 0.306 e. The minimum absolute atomic E-state index is 0.0747. The fourth-order valence-corrected chi connectivity index (χ4v) is 8.41. The third kappa shape index (κ3) is 57.4. The molecule has 0 saturated carbocycles. The van der Waals surface area contributed by atoms with Gasteiger partial charge in [-0.3, -0.25) is 9.59 Å². The summed E-state index contributed by atoms with van der Waals surface area (Å²) in [6.45, 7) is 4.02. The van der Waals surface area contributed by atoms with Gasteiger partial charge in [-0.15, -0.1) is 0 Å². The number of esters is 2. The molecule has 0 aromatic rings. The molecule has 0 aromatic heterocycles. The highest BCUT2D eigenvalue weighted by Gasteiger charge is 2.16. The van der Waals surface area contributed by atoms with Gasteiger partial charge in [0.2, 0.25) is 0 Å². The first-order valence-corrected chi connectivity index (χ1v) is 29.8. The van der Waals surface area contributed by atoms with Gasteiger partial charge in [-0.2, -0.15) is 0 Å². The standard InChI is InChI=1S/C65H112O5/c1-3-5-7-9-11-13-15-17-19-21-23-25-27-29-30-31-32-33-34-36-37-39-41-43-45-47-49-51-53-55-57-59-64(67)69-62-63(61-66)70-65(68)60-58-56-54-52-50-48-46-44-42-40-38-35-28-26-24-22-20-18-16-14-12-10-8-6-4-2/h6,8,12,14-15,17-18,20-21,23-24,26,35,38,42,44,63,66H,3-5,7,9-11,13,16,19,22,25,27-34,36-37,39-41,43,45-62H2,1-2H3/b8-6-,14-12-,17-15-,20-18-,23-21-,26-24-,38-35-,44-42-. The van der Waals surface area contributed by atoms with Crippen LogP contribution in [0.25, 0.3) is 0 Å². The number of hydrogen-bond donors (Lipinski definition) is 1. The summed E-state index contributed by atoms with van der Waals surface area (Å²) in [6, 6.07) is 0. The summed E-state index contributed by atoms with van der Waals surface area (Å²) in [7, 11) is 0. The van der Waals surface area contributed by atoms with E-state index in [0.29, 0.717) is 12.8 Å². The maximum Gasteiger partial charge on any atom is 0.306 e. The van der Waals surface area contributed by atoms with Crippen LogP contribution in [0.3, 0.4) is 0 Å². The lowest BCUT2D eigenvalue weighted by molar-refractivity contribution is -0.161. The lowest BCUT2D eigenvalue weighted by Crippen LogP contribution is -2.28. The van der Waals surface area contributed by atoms with Gasteiger partial charge in [-0.05, 0) is 96.3 Å². The molecule has 0 radical (unpaired) electrons. The number of ether oxygens (including phenoxy) is 2. The van der Waals surface area contributed by atoms with E-state index in [1.165, 1.54) is 167 Å². The second kappa shape index (κ2) is 60.1. The molecule has 0 fully saturated rings. The fraction of sp³-hybridized carbons (Fsp3) is 0.723. The zero-order valence-electron chi connectivity index (χ0n) is 46.0. The first kappa shape index (κ1) is 66.8. The molecule has 5 heteroatoms. The molecule has 1 atom stereocenters. The summed E-state index contributed by atoms with van der Waals surface area (Å²) in [6.07, 6.45) is 85.3. The highest BCUT2D eigenvalue weighted by molar-refractivity contribution is 5.70. The molecule has 0 aliphatic rings. The zero-order chi connectivity index (χ0) is 50.6. The van der Waals surface area contributed by atoms with Gasteiger partial charge in [0.05, 0.1) is 6.61 Å². The first-order chi connectivity index (χ1) is 34.6. The molecule has 5 nitrogen and oxygen atoms in total. The average Bonchev–Trinajstić information content (AvgIpc) is 3.36. The van der Waals surface area contributed by atoms with E-state index in [0.717, 1.165) is 89.9 Å². The predicted octanol–water partition coefficient (Wildman–Crippen LogP) is 20.3. The number of aliphatic hydroxyl groups is 1. The second-order valence-electron chi connectivity index (χ2n) is 19.7. The van der Waals surface area contributed by atoms with E-state index in [2.05, 4.69) is 111 Å². The quantitative estimate of drug-likeness (QED) is 0.0373. The molecule has 0 rings (SSSR count). The van der Waals surface area contributed by atoms with Gasteiger partial charge in [-0.1, -0.05) is 272 Å². The van der Waals surface area contributed by atoms with Gasteiger partial charge < -0.3 is 14.6 Å². The van der Waals surface area contributed by atoms with E-state index >= 15 is 0 Å². The molecular weight excluding hydrogens is 861 g/mol. The van der Waals surface area contributed by atoms with Crippen LogP contribution in [0, 0.1) is 0 Å². The summed E-state index contributed by atoms with van der Waals surface area (Å²) in [4.78, 5) is 24.6. The molecule has 1 unspecified atom stereocenters. The van der Waals surface area contributed by atoms with Crippen molar-refractivity contribution in [2.24, 2.45) is 0 Å². The maximum atomic E-state index is 12.3. The lowest BCUT2D eigenvalue weighted by Gasteiger charge is -2.15. The minimum Gasteiger partial charge on any atom is -0.462 e. The molecule has 0 amide bonds. The van der Waals surface area contributed by atoms with Crippen LogP contribution >= 0.6 is 0 Å². The Bertz CT molecular complexity index is 1330. The SMILES string of the molecule is CC/C=C\C/C=C\C/C=C\C/C=C\C/C=C\C/C=C\CCCCCCCCC(=O)OC(CO)COC(=O)CCCCCCCCCCCCCCCCCCCCC/C=C\C/C=C\CCCCCCC. The summed E-state index contributed by atoms with van der Waals surface area (Å²) in [5.74, 6) is -0.603. The predicted molar refractivity (Wildman–Crippen MR) is 306 cm³/mol. The van der Waals surface area contributed by atoms with E-state index in [9.17, 15) is 14.7 Å². The van der Waals surface area contributed by atoms with Gasteiger partial charge in [0.25, 0.3) is 0 Å². The highest BCUT2D eigenvalue weighted by atomic mass is 16.6. The topological polar surface area (TPSA) is 72.8 Å². The van der Waals surface area contributed by atoms with Gasteiger partial charge in [0, 0.05) is 12.8 Å². The van der Waals surface area contributed by atoms with E-state index in [4.69, 9.17) is 9.47 Å². The van der Waals surface area contributed by atoms with Crippen LogP contribution in [-0.4, -0.2) is 36.4 Å². The third-order valence-electron chi connectivity index (χ3n) is 12.9. The Balaban J connectivity index is 3.50. The van der Waals surface area contributed by atoms with Gasteiger partial charge in [0.15, 0.2) is 6.10 Å². The number of hydrogen-bond acceptors (Lipinski definition) is 5. The van der Waals surface area contributed by atoms with Crippen molar-refractivity contribution >= 4 is 11.9 Å². The Labute approximate surface area is 434 Å². The van der Waals surface area contributed by atoms with Crippen molar-refractivity contribution in [1.29, 1.82) is 0 Å². The Morgan fingerprint density at radius 1 is 0.343 bits per heavy atom. The number of carbonyl (C=O) groups excluding carboxylic acids is 2. The number of unbranched alkanes of at least 4 members (excludes halogenated alkanes) is 30. The van der Waals surface area contributed by atoms with E-state index in [1.54, 1.807) is 0 Å². The third-order valence-corrected chi connectivity index (χ3v) is 12.9. The van der Waals surface area contributed by atoms with E-state index in [-0.39, 0.29) is 25.2 Å². The summed E-state index contributed by atoms with van der Waals surface area (Å²) in [5, 5.41) is 9.66. The Hall–Kier alpha value is -3.18. The number of allylic oxidation sites excluding steroid dienone is 16. The zero-order valence-corrected chi connectivity index (χ0v) is 46.0. The van der Waals surface area contributed by atoms with Gasteiger partial charge in [-0.25, -0.2) is 0 Å². The average molecular weight is 974 g/mol. The minimum atomic E-state index is -0.786. The second-order valence-corrected chi connectivity index (χ2v) is 19.7. The normalized spacial score (nSPS) is 12.9. The molecule has 0 aliphatic carbocycles. The molecule has 0 saturated heterocycles. The Morgan fingerprint density at radius 2 is 0.614 bits per heavy atom. The van der Waals surface area contributed by atoms with Crippen LogP contribution in [0.2, 0.25) is 0 Å². The lowest BCUT2D eigenvalue weighted by atomic mass is 10.0. The number of aliphatic hydroxyl groups excluding tert-OH is 1. The van der Waals surface area contributed by atoms with Crippen LogP contribution in [0.5, 0.6) is 0 Å². The molecule has 0 aromatic carbocycles. The van der Waals surface area contributed by atoms with Crippen LogP contribution < -0.4 is 0 Å². The molecule has 402 valence electrons. The van der Waals surface area contributed by atoms with E-state index < -0.39 is 6.10 Å². The van der Waals surface area contributed by atoms with Crippen LogP contribution in [0.4, 0.5) is 0 Å². The molecule has 1 N–H and O–H groups in total. The summed E-state index contributed by atoms with van der Waals surface area (Å²) < 4.78 is 10.7. The van der Waals surface area contributed by atoms with Crippen molar-refractivity contribution in [3.63, 3.8) is 0 Å². The first-order valence-electron chi connectivity index (χ1n) is 29.8. The van der Waals surface area contributed by atoms with Crippen LogP contribution in [0.1, 0.15) is 284 Å². The summed E-state index contributed by atoms with van der Waals surface area (Å²) >= 11 is 0. The molecule has 70 heavy (non-hydrogen) atoms. The van der Waals surface area contributed by atoms with Gasteiger partial charge in [0.1, 0.15) is 6.61 Å². The molecule has 0 bridgehead atoms. The van der Waals surface area contributed by atoms with E-state index in [1.807, 2.05) is 0 Å². The van der Waals surface area contributed by atoms with Crippen molar-refractivity contribution < 1.29 is 24.2 Å². The number of carbonyl (C=O) groups is 2. The fourth-order valence-electron chi connectivity index (χ4n) is 8.41. The van der Waals surface area contributed by atoms with Crippen molar-refractivity contribution in [2.75, 3.05) is 13.2 Å². The Morgan fingerprint density at radius 3 is 0.929 bits per heavy atom. The Kier molecular flexibility index (Phi) is 57.4. The number of rotatable bonds is 54. The summed E-state index contributed by atoms with van der Waals surface area (Å²) in [5.41, 5.74) is 0. The van der Waals surface area contributed by atoms with Crippen molar-refractivity contribution in [3.8, 4) is 0 Å². The largest absolute Gasteiger partial charge is 0.462 e. The van der Waals surface area contributed by atoms with Crippen molar-refractivity contribution in [1.82, 2.24) is 0 Å². The maximum absolute atomic E-state index is 12.3. The molecule has 0 heterocycles. The highest BCUT2D eigenvalue weighted by Crippen LogP contribution is 2.16. The molecular formula is C65H112O5. The van der Waals surface area contributed by atoms with Crippen LogP contribution in [0.15, 0.2) is 97.2 Å².